The van der Waals surface area contributed by atoms with E-state index in [1.54, 1.807) is 17.8 Å². The van der Waals surface area contributed by atoms with Crippen molar-refractivity contribution in [2.75, 3.05) is 0 Å². The summed E-state index contributed by atoms with van der Waals surface area (Å²) in [6.07, 6.45) is 0.728. The maximum Gasteiger partial charge on any atom is 0.185 e. The minimum atomic E-state index is 0.355. The third kappa shape index (κ3) is 3.31. The van der Waals surface area contributed by atoms with Crippen molar-refractivity contribution in [3.05, 3.63) is 77.6 Å². The summed E-state index contributed by atoms with van der Waals surface area (Å²) < 4.78 is 5.55. The van der Waals surface area contributed by atoms with Crippen molar-refractivity contribution in [2.45, 2.75) is 17.6 Å². The monoisotopic (exact) mass is 308 g/mol. The number of furan rings is 1. The summed E-state index contributed by atoms with van der Waals surface area (Å²) >= 11 is 1.77. The van der Waals surface area contributed by atoms with Crippen LogP contribution in [0, 0.1) is 6.92 Å². The van der Waals surface area contributed by atoms with Gasteiger partial charge in [-0.05, 0) is 30.7 Å². The standard InChI is InChI=1S/C19H16O2S/c1-14-5-4-6-15(11-14)13-22-19-8-3-2-7-17(19)18-10-9-16(12-20)21-18/h2-12H,13H2,1H3. The van der Waals surface area contributed by atoms with E-state index < -0.39 is 0 Å². The van der Waals surface area contributed by atoms with E-state index in [4.69, 9.17) is 4.42 Å². The molecule has 0 N–H and O–H groups in total. The SMILES string of the molecule is Cc1cccc(CSc2ccccc2-c2ccc(C=O)o2)c1. The van der Waals surface area contributed by atoms with Gasteiger partial charge in [-0.3, -0.25) is 4.79 Å². The van der Waals surface area contributed by atoms with Crippen LogP contribution >= 0.6 is 11.8 Å². The molecule has 0 aliphatic heterocycles. The molecular weight excluding hydrogens is 292 g/mol. The predicted molar refractivity (Wildman–Crippen MR) is 90.3 cm³/mol. The fourth-order valence-electron chi connectivity index (χ4n) is 2.32. The number of carbonyl (C=O) groups is 1. The second kappa shape index (κ2) is 6.67. The number of hydrogen-bond acceptors (Lipinski definition) is 3. The molecule has 2 nitrogen and oxygen atoms in total. The Labute approximate surface area is 134 Å². The van der Waals surface area contributed by atoms with E-state index in [0.717, 1.165) is 28.3 Å². The van der Waals surface area contributed by atoms with Gasteiger partial charge in [0.25, 0.3) is 0 Å². The van der Waals surface area contributed by atoms with Gasteiger partial charge in [-0.1, -0.05) is 48.0 Å². The average molecular weight is 308 g/mol. The van der Waals surface area contributed by atoms with Gasteiger partial charge in [0.15, 0.2) is 12.0 Å². The minimum absolute atomic E-state index is 0.355. The Morgan fingerprint density at radius 2 is 1.91 bits per heavy atom. The highest BCUT2D eigenvalue weighted by molar-refractivity contribution is 7.98. The molecule has 3 heteroatoms. The van der Waals surface area contributed by atoms with Crippen molar-refractivity contribution >= 4 is 18.0 Å². The van der Waals surface area contributed by atoms with E-state index in [1.165, 1.54) is 11.1 Å². The van der Waals surface area contributed by atoms with Gasteiger partial charge in [-0.2, -0.15) is 0 Å². The van der Waals surface area contributed by atoms with E-state index in [2.05, 4.69) is 37.3 Å². The highest BCUT2D eigenvalue weighted by Crippen LogP contribution is 2.34. The topological polar surface area (TPSA) is 30.2 Å². The van der Waals surface area contributed by atoms with E-state index >= 15 is 0 Å². The molecule has 0 bridgehead atoms. The third-order valence-electron chi connectivity index (χ3n) is 3.37. The van der Waals surface area contributed by atoms with Gasteiger partial charge in [0.05, 0.1) is 0 Å². The van der Waals surface area contributed by atoms with Gasteiger partial charge in [0.2, 0.25) is 0 Å². The molecule has 0 aliphatic rings. The van der Waals surface area contributed by atoms with Crippen molar-refractivity contribution in [3.8, 4) is 11.3 Å². The van der Waals surface area contributed by atoms with E-state index in [-0.39, 0.29) is 0 Å². The molecule has 0 fully saturated rings. The largest absolute Gasteiger partial charge is 0.453 e. The Morgan fingerprint density at radius 1 is 1.05 bits per heavy atom. The Balaban J connectivity index is 1.83. The molecule has 3 rings (SSSR count). The maximum atomic E-state index is 10.8. The normalized spacial score (nSPS) is 10.6. The van der Waals surface area contributed by atoms with Crippen LogP contribution in [0.15, 0.2) is 70.0 Å². The van der Waals surface area contributed by atoms with Crippen LogP contribution in [0.4, 0.5) is 0 Å². The molecule has 0 unspecified atom stereocenters. The Kier molecular flexibility index (Phi) is 4.45. The summed E-state index contributed by atoms with van der Waals surface area (Å²) in [6.45, 7) is 2.10. The van der Waals surface area contributed by atoms with Gasteiger partial charge in [-0.15, -0.1) is 11.8 Å². The van der Waals surface area contributed by atoms with Crippen molar-refractivity contribution in [3.63, 3.8) is 0 Å². The summed E-state index contributed by atoms with van der Waals surface area (Å²) in [5.74, 6) is 1.99. The number of carbonyl (C=O) groups excluding carboxylic acids is 1. The molecule has 2 aromatic carbocycles. The third-order valence-corrected chi connectivity index (χ3v) is 4.52. The first-order valence-corrected chi connectivity index (χ1v) is 8.07. The fourth-order valence-corrected chi connectivity index (χ4v) is 3.32. The lowest BCUT2D eigenvalue weighted by Gasteiger charge is -2.07. The molecule has 0 aliphatic carbocycles. The summed E-state index contributed by atoms with van der Waals surface area (Å²) in [7, 11) is 0. The molecule has 1 heterocycles. The molecule has 1 aromatic heterocycles. The average Bonchev–Trinajstić information content (AvgIpc) is 3.02. The zero-order chi connectivity index (χ0) is 15.4. The van der Waals surface area contributed by atoms with Crippen LogP contribution in [0.25, 0.3) is 11.3 Å². The number of benzene rings is 2. The maximum absolute atomic E-state index is 10.8. The lowest BCUT2D eigenvalue weighted by Crippen LogP contribution is -1.84. The minimum Gasteiger partial charge on any atom is -0.453 e. The first kappa shape index (κ1) is 14.7. The molecular formula is C19H16O2S. The Morgan fingerprint density at radius 3 is 2.68 bits per heavy atom. The van der Waals surface area contributed by atoms with Gasteiger partial charge < -0.3 is 4.42 Å². The van der Waals surface area contributed by atoms with Crippen molar-refractivity contribution in [1.82, 2.24) is 0 Å². The van der Waals surface area contributed by atoms with Crippen molar-refractivity contribution in [2.24, 2.45) is 0 Å². The first-order chi connectivity index (χ1) is 10.8. The van der Waals surface area contributed by atoms with Gasteiger partial charge in [0.1, 0.15) is 5.76 Å². The quantitative estimate of drug-likeness (QED) is 0.469. The van der Waals surface area contributed by atoms with Crippen LogP contribution in [0.3, 0.4) is 0 Å². The first-order valence-electron chi connectivity index (χ1n) is 7.09. The molecule has 0 saturated heterocycles. The van der Waals surface area contributed by atoms with E-state index in [0.29, 0.717) is 5.76 Å². The van der Waals surface area contributed by atoms with Crippen LogP contribution in [0.1, 0.15) is 21.7 Å². The Hall–Kier alpha value is -2.26. The van der Waals surface area contributed by atoms with Crippen LogP contribution in [-0.2, 0) is 5.75 Å². The molecule has 0 atom stereocenters. The summed E-state index contributed by atoms with van der Waals surface area (Å²) in [6, 6.07) is 20.2. The van der Waals surface area contributed by atoms with Crippen LogP contribution in [0.2, 0.25) is 0 Å². The lowest BCUT2D eigenvalue weighted by molar-refractivity contribution is 0.110. The Bertz CT molecular complexity index is 789. The number of rotatable bonds is 5. The molecule has 0 amide bonds. The van der Waals surface area contributed by atoms with Crippen LogP contribution in [0.5, 0.6) is 0 Å². The van der Waals surface area contributed by atoms with Gasteiger partial charge >= 0.3 is 0 Å². The van der Waals surface area contributed by atoms with Gasteiger partial charge in [0, 0.05) is 16.2 Å². The molecule has 0 saturated carbocycles. The lowest BCUT2D eigenvalue weighted by atomic mass is 10.2. The van der Waals surface area contributed by atoms with Crippen LogP contribution < -0.4 is 0 Å². The zero-order valence-corrected chi connectivity index (χ0v) is 13.1. The molecule has 3 aromatic rings. The molecule has 0 spiro atoms. The van der Waals surface area contributed by atoms with Gasteiger partial charge in [-0.25, -0.2) is 0 Å². The second-order valence-electron chi connectivity index (χ2n) is 5.09. The van der Waals surface area contributed by atoms with E-state index in [1.807, 2.05) is 24.3 Å². The zero-order valence-electron chi connectivity index (χ0n) is 12.3. The number of aldehydes is 1. The highest BCUT2D eigenvalue weighted by Gasteiger charge is 2.09. The van der Waals surface area contributed by atoms with Crippen molar-refractivity contribution < 1.29 is 9.21 Å². The number of aryl methyl sites for hydroxylation is 1. The smallest absolute Gasteiger partial charge is 0.185 e. The summed E-state index contributed by atoms with van der Waals surface area (Å²) in [4.78, 5) is 11.9. The fraction of sp³-hybridized carbons (Fsp3) is 0.105. The van der Waals surface area contributed by atoms with E-state index in [9.17, 15) is 4.79 Å². The predicted octanol–water partition coefficient (Wildman–Crippen LogP) is 5.36. The number of hydrogen-bond donors (Lipinski definition) is 0. The summed E-state index contributed by atoms with van der Waals surface area (Å²) in [5, 5.41) is 0. The summed E-state index contributed by atoms with van der Waals surface area (Å²) in [5.41, 5.74) is 3.59. The molecule has 110 valence electrons. The second-order valence-corrected chi connectivity index (χ2v) is 6.11. The molecule has 22 heavy (non-hydrogen) atoms. The van der Waals surface area contributed by atoms with Crippen LogP contribution in [-0.4, -0.2) is 6.29 Å². The highest BCUT2D eigenvalue weighted by atomic mass is 32.2. The van der Waals surface area contributed by atoms with Crippen molar-refractivity contribution in [1.29, 1.82) is 0 Å². The molecule has 0 radical (unpaired) electrons. The number of thioether (sulfide) groups is 1.